The van der Waals surface area contributed by atoms with E-state index in [1.165, 1.54) is 18.6 Å². The lowest BCUT2D eigenvalue weighted by Crippen LogP contribution is -2.27. The minimum Gasteiger partial charge on any atom is -0.435 e. The topological polar surface area (TPSA) is 68.8 Å². The minimum atomic E-state index is -4.60. The number of hydrogen-bond acceptors (Lipinski definition) is 5. The van der Waals surface area contributed by atoms with Crippen LogP contribution in [0.5, 0.6) is 0 Å². The van der Waals surface area contributed by atoms with Crippen LogP contribution in [0, 0.1) is 11.7 Å². The summed E-state index contributed by atoms with van der Waals surface area (Å²) in [5, 5.41) is 11.4. The molecule has 2 aromatic heterocycles. The van der Waals surface area contributed by atoms with Crippen LogP contribution in [-0.4, -0.2) is 26.3 Å². The molecule has 2 saturated carbocycles. The van der Waals surface area contributed by atoms with Crippen molar-refractivity contribution in [1.82, 2.24) is 25.1 Å². The van der Waals surface area contributed by atoms with E-state index in [1.807, 2.05) is 18.2 Å². The van der Waals surface area contributed by atoms with E-state index in [-0.39, 0.29) is 17.0 Å². The average molecular weight is 576 g/mol. The molecule has 2 fully saturated rings. The zero-order valence-electron chi connectivity index (χ0n) is 23.0. The highest BCUT2D eigenvalue weighted by Crippen LogP contribution is 2.45. The number of nitrogens with zero attached hydrogens (tertiary/aromatic N) is 4. The van der Waals surface area contributed by atoms with Gasteiger partial charge in [0.25, 0.3) is 0 Å². The van der Waals surface area contributed by atoms with Crippen molar-refractivity contribution in [2.45, 2.75) is 50.7 Å². The first-order valence-corrected chi connectivity index (χ1v) is 14.2. The highest BCUT2D eigenvalue weighted by Gasteiger charge is 2.36. The SMILES string of the molecule is Cn1cnnc1-c1cc(F)ccc1-c1cc(-c2nc3cc(CNCC4CCC4)cc(C(F)(F)F)c3o2)cc(C2CC2)c1. The molecule has 3 aromatic carbocycles. The number of alkyl halides is 3. The van der Waals surface area contributed by atoms with Crippen LogP contribution in [0.1, 0.15) is 54.7 Å². The maximum atomic E-state index is 14.4. The van der Waals surface area contributed by atoms with E-state index in [0.29, 0.717) is 40.9 Å². The summed E-state index contributed by atoms with van der Waals surface area (Å²) in [6.45, 7) is 1.12. The van der Waals surface area contributed by atoms with E-state index in [4.69, 9.17) is 4.42 Å². The zero-order chi connectivity index (χ0) is 29.0. The molecule has 6 nitrogen and oxygen atoms in total. The molecule has 0 amide bonds. The van der Waals surface area contributed by atoms with Crippen LogP contribution in [0.4, 0.5) is 17.6 Å². The number of aryl methyl sites for hydroxylation is 1. The molecule has 0 radical (unpaired) electrons. The number of oxazole rings is 1. The van der Waals surface area contributed by atoms with E-state index in [9.17, 15) is 17.6 Å². The summed E-state index contributed by atoms with van der Waals surface area (Å²) in [4.78, 5) is 4.56. The average Bonchev–Trinajstić information content (AvgIpc) is 3.56. The van der Waals surface area contributed by atoms with Gasteiger partial charge in [-0.15, -0.1) is 10.2 Å². The monoisotopic (exact) mass is 575 g/mol. The van der Waals surface area contributed by atoms with Crippen molar-refractivity contribution in [3.8, 4) is 34.0 Å². The Kier molecular flexibility index (Phi) is 6.61. The van der Waals surface area contributed by atoms with Crippen molar-refractivity contribution in [3.05, 3.63) is 77.4 Å². The summed E-state index contributed by atoms with van der Waals surface area (Å²) in [6.07, 6.45) is 2.52. The van der Waals surface area contributed by atoms with Gasteiger partial charge >= 0.3 is 6.18 Å². The first kappa shape index (κ1) is 26.8. The predicted octanol–water partition coefficient (Wildman–Crippen LogP) is 7.88. The molecule has 0 atom stereocenters. The van der Waals surface area contributed by atoms with E-state index in [1.54, 1.807) is 30.1 Å². The number of fused-ring (bicyclic) bond motifs is 1. The molecule has 5 aromatic rings. The fraction of sp³-hybridized carbons (Fsp3) is 0.344. The molecule has 0 spiro atoms. The first-order chi connectivity index (χ1) is 20.2. The highest BCUT2D eigenvalue weighted by molar-refractivity contribution is 5.85. The van der Waals surface area contributed by atoms with Crippen molar-refractivity contribution in [2.75, 3.05) is 6.54 Å². The maximum absolute atomic E-state index is 14.4. The van der Waals surface area contributed by atoms with Crippen molar-refractivity contribution >= 4 is 11.1 Å². The standard InChI is InChI=1S/C32H29F4N5O/c1-41-17-38-40-30(41)26-14-24(33)7-8-25(26)22-11-21(20-5-6-20)12-23(13-22)31-39-28-10-19(16-37-15-18-3-2-4-18)9-27(29(28)42-31)32(34,35)36/h7-14,17-18,20,37H,2-6,15-16H2,1H3. The number of benzene rings is 3. The molecule has 1 N–H and O–H groups in total. The predicted molar refractivity (Wildman–Crippen MR) is 151 cm³/mol. The molecule has 7 rings (SSSR count). The second-order valence-corrected chi connectivity index (χ2v) is 11.5. The normalized spacial score (nSPS) is 15.8. The number of nitrogens with one attached hydrogen (secondary N) is 1. The lowest BCUT2D eigenvalue weighted by molar-refractivity contribution is -0.136. The quantitative estimate of drug-likeness (QED) is 0.191. The van der Waals surface area contributed by atoms with Gasteiger partial charge in [0.05, 0.1) is 0 Å². The number of halogens is 4. The van der Waals surface area contributed by atoms with Gasteiger partial charge in [0, 0.05) is 24.7 Å². The van der Waals surface area contributed by atoms with Crippen LogP contribution >= 0.6 is 0 Å². The van der Waals surface area contributed by atoms with E-state index in [2.05, 4.69) is 20.5 Å². The Balaban J connectivity index is 1.32. The Morgan fingerprint density at radius 2 is 1.79 bits per heavy atom. The van der Waals surface area contributed by atoms with E-state index in [0.717, 1.165) is 55.0 Å². The van der Waals surface area contributed by atoms with Crippen LogP contribution in [0.2, 0.25) is 0 Å². The third-order valence-corrected chi connectivity index (χ3v) is 8.34. The third kappa shape index (κ3) is 5.19. The van der Waals surface area contributed by atoms with Gasteiger partial charge in [0.15, 0.2) is 11.4 Å². The Hall–Kier alpha value is -4.05. The van der Waals surface area contributed by atoms with Crippen molar-refractivity contribution < 1.29 is 22.0 Å². The lowest BCUT2D eigenvalue weighted by Gasteiger charge is -2.25. The van der Waals surface area contributed by atoms with Gasteiger partial charge in [-0.25, -0.2) is 9.37 Å². The summed E-state index contributed by atoms with van der Waals surface area (Å²) < 4.78 is 64.5. The Bertz CT molecular complexity index is 1780. The molecule has 0 bridgehead atoms. The largest absolute Gasteiger partial charge is 0.435 e. The molecule has 0 unspecified atom stereocenters. The highest BCUT2D eigenvalue weighted by atomic mass is 19.4. The third-order valence-electron chi connectivity index (χ3n) is 8.34. The number of rotatable bonds is 8. The van der Waals surface area contributed by atoms with Crippen LogP contribution in [-0.2, 0) is 19.8 Å². The Labute approximate surface area is 239 Å². The molecule has 0 saturated heterocycles. The van der Waals surface area contributed by atoms with Crippen LogP contribution in [0.15, 0.2) is 59.3 Å². The molecule has 2 aliphatic rings. The molecular formula is C32H29F4N5O. The second-order valence-electron chi connectivity index (χ2n) is 11.5. The fourth-order valence-corrected chi connectivity index (χ4v) is 5.71. The van der Waals surface area contributed by atoms with Crippen LogP contribution < -0.4 is 5.32 Å². The van der Waals surface area contributed by atoms with Gasteiger partial charge in [-0.3, -0.25) is 0 Å². The van der Waals surface area contributed by atoms with Gasteiger partial charge in [0.1, 0.15) is 23.2 Å². The number of aromatic nitrogens is 4. The van der Waals surface area contributed by atoms with Crippen LogP contribution in [0.25, 0.3) is 45.1 Å². The fourth-order valence-electron chi connectivity index (χ4n) is 5.71. The van der Waals surface area contributed by atoms with Gasteiger partial charge in [-0.05, 0) is 103 Å². The van der Waals surface area contributed by atoms with Crippen LogP contribution in [0.3, 0.4) is 0 Å². The molecule has 2 aliphatic carbocycles. The summed E-state index contributed by atoms with van der Waals surface area (Å²) in [5.74, 6) is 1.13. The van der Waals surface area contributed by atoms with Crippen molar-refractivity contribution in [2.24, 2.45) is 13.0 Å². The summed E-state index contributed by atoms with van der Waals surface area (Å²) in [5.41, 5.74) is 3.23. The molecule has 0 aliphatic heterocycles. The Morgan fingerprint density at radius 1 is 0.976 bits per heavy atom. The van der Waals surface area contributed by atoms with Crippen molar-refractivity contribution in [1.29, 1.82) is 0 Å². The molecule has 2 heterocycles. The van der Waals surface area contributed by atoms with Gasteiger partial charge in [0.2, 0.25) is 5.89 Å². The zero-order valence-corrected chi connectivity index (χ0v) is 23.0. The number of hydrogen-bond donors (Lipinski definition) is 1. The van der Waals surface area contributed by atoms with E-state index < -0.39 is 17.6 Å². The Morgan fingerprint density at radius 3 is 2.48 bits per heavy atom. The van der Waals surface area contributed by atoms with Gasteiger partial charge in [-0.1, -0.05) is 18.6 Å². The molecule has 10 heteroatoms. The van der Waals surface area contributed by atoms with Gasteiger partial charge < -0.3 is 14.3 Å². The van der Waals surface area contributed by atoms with Gasteiger partial charge in [-0.2, -0.15) is 13.2 Å². The maximum Gasteiger partial charge on any atom is 0.420 e. The molecular weight excluding hydrogens is 546 g/mol. The summed E-state index contributed by atoms with van der Waals surface area (Å²) >= 11 is 0. The van der Waals surface area contributed by atoms with E-state index >= 15 is 0 Å². The molecule has 42 heavy (non-hydrogen) atoms. The second kappa shape index (κ2) is 10.3. The summed E-state index contributed by atoms with van der Waals surface area (Å²) in [6, 6.07) is 13.1. The molecule has 216 valence electrons. The first-order valence-electron chi connectivity index (χ1n) is 14.2. The summed E-state index contributed by atoms with van der Waals surface area (Å²) in [7, 11) is 1.78. The lowest BCUT2D eigenvalue weighted by atomic mass is 9.85. The minimum absolute atomic E-state index is 0.112. The smallest absolute Gasteiger partial charge is 0.420 e. The van der Waals surface area contributed by atoms with Crippen molar-refractivity contribution in [3.63, 3.8) is 0 Å².